The van der Waals surface area contributed by atoms with Gasteiger partial charge in [-0.05, 0) is 45.3 Å². The summed E-state index contributed by atoms with van der Waals surface area (Å²) in [5.41, 5.74) is 0. The summed E-state index contributed by atoms with van der Waals surface area (Å²) in [5.74, 6) is -0.615. The van der Waals surface area contributed by atoms with E-state index >= 15 is 0 Å². The van der Waals surface area contributed by atoms with Crippen LogP contribution in [0.1, 0.15) is 32.1 Å². The molecule has 1 saturated carbocycles. The van der Waals surface area contributed by atoms with Gasteiger partial charge in [0.1, 0.15) is 0 Å². The molecule has 2 fully saturated rings. The minimum atomic E-state index is -4.04. The van der Waals surface area contributed by atoms with Crippen LogP contribution in [-0.2, 0) is 0 Å². The molecule has 0 aromatic carbocycles. The second kappa shape index (κ2) is 5.78. The number of rotatable bonds is 3. The Kier molecular flexibility index (Phi) is 4.54. The lowest BCUT2D eigenvalue weighted by Gasteiger charge is -2.34. The summed E-state index contributed by atoms with van der Waals surface area (Å²) in [6.07, 6.45) is -0.320. The van der Waals surface area contributed by atoms with E-state index in [0.29, 0.717) is 25.2 Å². The predicted molar refractivity (Wildman–Crippen MR) is 65.4 cm³/mol. The Bertz CT molecular complexity index is 267. The molecule has 2 nitrogen and oxygen atoms in total. The SMILES string of the molecule is CN1CCC(CNC2CCCCC2C(F)(F)F)C1. The van der Waals surface area contributed by atoms with Gasteiger partial charge in [-0.25, -0.2) is 0 Å². The molecule has 0 bridgehead atoms. The van der Waals surface area contributed by atoms with Crippen LogP contribution in [0.25, 0.3) is 0 Å². The molecule has 1 heterocycles. The summed E-state index contributed by atoms with van der Waals surface area (Å²) in [7, 11) is 2.07. The Balaban J connectivity index is 1.82. The highest BCUT2D eigenvalue weighted by Gasteiger charge is 2.45. The first kappa shape index (κ1) is 14.1. The highest BCUT2D eigenvalue weighted by atomic mass is 19.4. The monoisotopic (exact) mass is 264 g/mol. The Labute approximate surface area is 107 Å². The van der Waals surface area contributed by atoms with Crippen molar-refractivity contribution in [2.45, 2.75) is 44.3 Å². The summed E-state index contributed by atoms with van der Waals surface area (Å²) in [5, 5.41) is 3.19. The topological polar surface area (TPSA) is 15.3 Å². The summed E-state index contributed by atoms with van der Waals surface area (Å²) < 4.78 is 38.7. The van der Waals surface area contributed by atoms with Gasteiger partial charge in [-0.2, -0.15) is 13.2 Å². The molecule has 1 N–H and O–H groups in total. The summed E-state index contributed by atoms with van der Waals surface area (Å²) >= 11 is 0. The van der Waals surface area contributed by atoms with Gasteiger partial charge in [0, 0.05) is 12.6 Å². The van der Waals surface area contributed by atoms with Crippen molar-refractivity contribution < 1.29 is 13.2 Å². The zero-order chi connectivity index (χ0) is 13.2. The number of nitrogens with one attached hydrogen (secondary N) is 1. The van der Waals surface area contributed by atoms with Gasteiger partial charge in [0.15, 0.2) is 0 Å². The largest absolute Gasteiger partial charge is 0.393 e. The van der Waals surface area contributed by atoms with Gasteiger partial charge >= 0.3 is 6.18 Å². The van der Waals surface area contributed by atoms with E-state index in [4.69, 9.17) is 0 Å². The normalized spacial score (nSPS) is 35.0. The van der Waals surface area contributed by atoms with Crippen molar-refractivity contribution in [2.24, 2.45) is 11.8 Å². The van der Waals surface area contributed by atoms with Crippen molar-refractivity contribution in [3.63, 3.8) is 0 Å². The lowest BCUT2D eigenvalue weighted by Crippen LogP contribution is -2.47. The molecule has 2 aliphatic rings. The zero-order valence-corrected chi connectivity index (χ0v) is 11.0. The van der Waals surface area contributed by atoms with Crippen LogP contribution in [0, 0.1) is 11.8 Å². The van der Waals surface area contributed by atoms with Crippen molar-refractivity contribution in [1.29, 1.82) is 0 Å². The van der Waals surface area contributed by atoms with E-state index < -0.39 is 12.1 Å². The van der Waals surface area contributed by atoms with Crippen molar-refractivity contribution in [3.05, 3.63) is 0 Å². The molecule has 0 radical (unpaired) electrons. The van der Waals surface area contributed by atoms with Gasteiger partial charge in [0.2, 0.25) is 0 Å². The Morgan fingerprint density at radius 1 is 1.17 bits per heavy atom. The molecule has 5 heteroatoms. The molecule has 0 aromatic rings. The third-order valence-corrected chi connectivity index (χ3v) is 4.34. The average Bonchev–Trinajstić information content (AvgIpc) is 2.72. The second-order valence-electron chi connectivity index (χ2n) is 5.86. The first-order chi connectivity index (χ1) is 8.47. The first-order valence-electron chi connectivity index (χ1n) is 6.95. The first-order valence-corrected chi connectivity index (χ1v) is 6.95. The van der Waals surface area contributed by atoms with Crippen LogP contribution in [0.2, 0.25) is 0 Å². The van der Waals surface area contributed by atoms with Crippen LogP contribution in [0.4, 0.5) is 13.2 Å². The minimum absolute atomic E-state index is 0.297. The highest BCUT2D eigenvalue weighted by molar-refractivity contribution is 4.87. The molecule has 18 heavy (non-hydrogen) atoms. The fraction of sp³-hybridized carbons (Fsp3) is 1.00. The van der Waals surface area contributed by atoms with E-state index in [-0.39, 0.29) is 6.04 Å². The van der Waals surface area contributed by atoms with E-state index in [9.17, 15) is 13.2 Å². The van der Waals surface area contributed by atoms with Gasteiger partial charge in [-0.15, -0.1) is 0 Å². The van der Waals surface area contributed by atoms with Crippen LogP contribution in [-0.4, -0.2) is 43.8 Å². The molecule has 1 saturated heterocycles. The van der Waals surface area contributed by atoms with Crippen LogP contribution in [0.5, 0.6) is 0 Å². The van der Waals surface area contributed by atoms with Crippen LogP contribution in [0.3, 0.4) is 0 Å². The molecular weight excluding hydrogens is 241 g/mol. The molecule has 0 aromatic heterocycles. The van der Waals surface area contributed by atoms with E-state index in [1.165, 1.54) is 0 Å². The molecule has 1 aliphatic carbocycles. The van der Waals surface area contributed by atoms with E-state index in [1.54, 1.807) is 0 Å². The maximum Gasteiger partial charge on any atom is 0.393 e. The minimum Gasteiger partial charge on any atom is -0.313 e. The maximum atomic E-state index is 12.9. The fourth-order valence-electron chi connectivity index (χ4n) is 3.28. The Hall–Kier alpha value is -0.290. The number of likely N-dealkylation sites (tertiary alicyclic amines) is 1. The second-order valence-corrected chi connectivity index (χ2v) is 5.86. The standard InChI is InChI=1S/C13H23F3N2/c1-18-7-6-10(9-18)8-17-12-5-3-2-4-11(12)13(14,15)16/h10-12,17H,2-9H2,1H3. The summed E-state index contributed by atoms with van der Waals surface area (Å²) in [6, 6.07) is -0.357. The van der Waals surface area contributed by atoms with E-state index in [1.807, 2.05) is 0 Å². The number of nitrogens with zero attached hydrogens (tertiary/aromatic N) is 1. The fourth-order valence-corrected chi connectivity index (χ4v) is 3.28. The quantitative estimate of drug-likeness (QED) is 0.843. The Morgan fingerprint density at radius 2 is 1.89 bits per heavy atom. The molecule has 1 aliphatic heterocycles. The number of alkyl halides is 3. The van der Waals surface area contributed by atoms with Gasteiger partial charge in [-0.3, -0.25) is 0 Å². The predicted octanol–water partition coefficient (Wildman–Crippen LogP) is 2.65. The molecular formula is C13H23F3N2. The van der Waals surface area contributed by atoms with Crippen LogP contribution < -0.4 is 5.32 Å². The van der Waals surface area contributed by atoms with Crippen molar-refractivity contribution >= 4 is 0 Å². The van der Waals surface area contributed by atoms with Gasteiger partial charge in [0.05, 0.1) is 5.92 Å². The summed E-state index contributed by atoms with van der Waals surface area (Å²) in [4.78, 5) is 2.24. The third kappa shape index (κ3) is 3.60. The molecule has 0 amide bonds. The highest BCUT2D eigenvalue weighted by Crippen LogP contribution is 2.37. The van der Waals surface area contributed by atoms with Gasteiger partial charge in [0.25, 0.3) is 0 Å². The van der Waals surface area contributed by atoms with Crippen molar-refractivity contribution in [1.82, 2.24) is 10.2 Å². The lowest BCUT2D eigenvalue weighted by atomic mass is 9.83. The molecule has 0 spiro atoms. The smallest absolute Gasteiger partial charge is 0.313 e. The van der Waals surface area contributed by atoms with Crippen LogP contribution in [0.15, 0.2) is 0 Å². The zero-order valence-electron chi connectivity index (χ0n) is 11.0. The van der Waals surface area contributed by atoms with Crippen molar-refractivity contribution in [3.8, 4) is 0 Å². The third-order valence-electron chi connectivity index (χ3n) is 4.34. The molecule has 106 valence electrons. The molecule has 3 unspecified atom stereocenters. The molecule has 2 rings (SSSR count). The number of halogens is 3. The average molecular weight is 264 g/mol. The van der Waals surface area contributed by atoms with E-state index in [0.717, 1.165) is 32.5 Å². The van der Waals surface area contributed by atoms with E-state index in [2.05, 4.69) is 17.3 Å². The van der Waals surface area contributed by atoms with Crippen molar-refractivity contribution in [2.75, 3.05) is 26.7 Å². The van der Waals surface area contributed by atoms with Crippen LogP contribution >= 0.6 is 0 Å². The summed E-state index contributed by atoms with van der Waals surface area (Å²) in [6.45, 7) is 2.82. The van der Waals surface area contributed by atoms with Gasteiger partial charge < -0.3 is 10.2 Å². The maximum absolute atomic E-state index is 12.9. The molecule has 3 atom stereocenters. The van der Waals surface area contributed by atoms with Gasteiger partial charge in [-0.1, -0.05) is 12.8 Å². The number of hydrogen-bond donors (Lipinski definition) is 1. The number of hydrogen-bond acceptors (Lipinski definition) is 2. The Morgan fingerprint density at radius 3 is 2.50 bits per heavy atom. The lowest BCUT2D eigenvalue weighted by molar-refractivity contribution is -0.189.